The SMILES string of the molecule is NC(N)c1ccc2c(c1)C(=O)N(CC1NC=CS1)C2. The predicted molar refractivity (Wildman–Crippen MR) is 76.0 cm³/mol. The molecule has 1 unspecified atom stereocenters. The topological polar surface area (TPSA) is 84.4 Å². The van der Waals surface area contributed by atoms with Crippen molar-refractivity contribution in [1.82, 2.24) is 10.2 Å². The maximum atomic E-state index is 12.3. The average molecular weight is 276 g/mol. The number of nitrogens with zero attached hydrogens (tertiary/aromatic N) is 1. The van der Waals surface area contributed by atoms with Crippen LogP contribution in [0, 0.1) is 0 Å². The lowest BCUT2D eigenvalue weighted by atomic mass is 10.0. The summed E-state index contributed by atoms with van der Waals surface area (Å²) in [6, 6.07) is 5.66. The first-order valence-electron chi connectivity index (χ1n) is 6.15. The van der Waals surface area contributed by atoms with Gasteiger partial charge in [-0.25, -0.2) is 0 Å². The molecule has 5 nitrogen and oxygen atoms in total. The lowest BCUT2D eigenvalue weighted by Gasteiger charge is -2.20. The van der Waals surface area contributed by atoms with E-state index < -0.39 is 6.17 Å². The van der Waals surface area contributed by atoms with Crippen LogP contribution in [0.15, 0.2) is 29.8 Å². The molecule has 0 bridgehead atoms. The van der Waals surface area contributed by atoms with Gasteiger partial charge in [0.05, 0.1) is 18.1 Å². The lowest BCUT2D eigenvalue weighted by molar-refractivity contribution is 0.0777. The van der Waals surface area contributed by atoms with E-state index in [0.29, 0.717) is 13.1 Å². The highest BCUT2D eigenvalue weighted by atomic mass is 32.2. The monoisotopic (exact) mass is 276 g/mol. The Hall–Kier alpha value is -1.50. The average Bonchev–Trinajstić information content (AvgIpc) is 2.99. The van der Waals surface area contributed by atoms with Gasteiger partial charge in [-0.2, -0.15) is 0 Å². The summed E-state index contributed by atoms with van der Waals surface area (Å²) in [5.41, 5.74) is 13.9. The minimum absolute atomic E-state index is 0.0619. The number of carbonyl (C=O) groups is 1. The molecule has 1 aromatic carbocycles. The van der Waals surface area contributed by atoms with Gasteiger partial charge >= 0.3 is 0 Å². The minimum Gasteiger partial charge on any atom is -0.377 e. The molecule has 0 saturated heterocycles. The molecule has 0 saturated carbocycles. The molecule has 0 radical (unpaired) electrons. The molecule has 0 spiro atoms. The van der Waals surface area contributed by atoms with Gasteiger partial charge in [0, 0.05) is 18.3 Å². The normalized spacial score (nSPS) is 21.1. The molecule has 19 heavy (non-hydrogen) atoms. The van der Waals surface area contributed by atoms with Crippen LogP contribution in [0.5, 0.6) is 0 Å². The second-order valence-electron chi connectivity index (χ2n) is 4.72. The Morgan fingerprint density at radius 1 is 1.47 bits per heavy atom. The van der Waals surface area contributed by atoms with Crippen molar-refractivity contribution in [2.75, 3.05) is 6.54 Å². The molecule has 6 heteroatoms. The van der Waals surface area contributed by atoms with Crippen molar-refractivity contribution in [2.24, 2.45) is 11.5 Å². The fourth-order valence-corrected chi connectivity index (χ4v) is 3.12. The van der Waals surface area contributed by atoms with Crippen LogP contribution in [0.25, 0.3) is 0 Å². The van der Waals surface area contributed by atoms with Gasteiger partial charge in [0.25, 0.3) is 5.91 Å². The number of amides is 1. The zero-order chi connectivity index (χ0) is 13.4. The number of fused-ring (bicyclic) bond motifs is 1. The fraction of sp³-hybridized carbons (Fsp3) is 0.308. The molecule has 1 amide bonds. The van der Waals surface area contributed by atoms with Gasteiger partial charge in [-0.05, 0) is 22.6 Å². The van der Waals surface area contributed by atoms with Crippen LogP contribution < -0.4 is 16.8 Å². The summed E-state index contributed by atoms with van der Waals surface area (Å²) < 4.78 is 0. The minimum atomic E-state index is -0.539. The number of carbonyl (C=O) groups excluding carboxylic acids is 1. The highest BCUT2D eigenvalue weighted by molar-refractivity contribution is 8.02. The predicted octanol–water partition coefficient (Wildman–Crippen LogP) is 0.692. The second kappa shape index (κ2) is 4.88. The molecule has 1 atom stereocenters. The van der Waals surface area contributed by atoms with Gasteiger partial charge < -0.3 is 21.7 Å². The van der Waals surface area contributed by atoms with Gasteiger partial charge in [0.1, 0.15) is 0 Å². The standard InChI is InChI=1S/C13H16N4OS/c14-12(15)8-1-2-9-6-17(13(18)10(9)5-8)7-11-16-3-4-19-11/h1-5,11-12,16H,6-7,14-15H2. The Kier molecular flexibility index (Phi) is 3.22. The van der Waals surface area contributed by atoms with Crippen molar-refractivity contribution < 1.29 is 4.79 Å². The number of hydrogen-bond donors (Lipinski definition) is 3. The highest BCUT2D eigenvalue weighted by Gasteiger charge is 2.29. The van der Waals surface area contributed by atoms with Crippen LogP contribution in [0.4, 0.5) is 0 Å². The number of thioether (sulfide) groups is 1. The lowest BCUT2D eigenvalue weighted by Crippen LogP contribution is -2.35. The largest absolute Gasteiger partial charge is 0.377 e. The third-order valence-corrected chi connectivity index (χ3v) is 4.28. The second-order valence-corrected chi connectivity index (χ2v) is 5.84. The first-order chi connectivity index (χ1) is 9.15. The zero-order valence-corrected chi connectivity index (χ0v) is 11.2. The molecule has 0 fully saturated rings. The van der Waals surface area contributed by atoms with E-state index in [0.717, 1.165) is 16.7 Å². The maximum Gasteiger partial charge on any atom is 0.254 e. The van der Waals surface area contributed by atoms with E-state index >= 15 is 0 Å². The molecule has 3 rings (SSSR count). The molecule has 0 aliphatic carbocycles. The van der Waals surface area contributed by atoms with E-state index in [1.54, 1.807) is 11.8 Å². The summed E-state index contributed by atoms with van der Waals surface area (Å²) in [7, 11) is 0. The van der Waals surface area contributed by atoms with E-state index in [9.17, 15) is 4.79 Å². The quantitative estimate of drug-likeness (QED) is 0.707. The van der Waals surface area contributed by atoms with Crippen molar-refractivity contribution in [2.45, 2.75) is 18.1 Å². The summed E-state index contributed by atoms with van der Waals surface area (Å²) in [6.45, 7) is 1.35. The molecule has 1 aromatic rings. The van der Waals surface area contributed by atoms with Crippen LogP contribution in [0.3, 0.4) is 0 Å². The smallest absolute Gasteiger partial charge is 0.254 e. The summed E-state index contributed by atoms with van der Waals surface area (Å²) >= 11 is 1.69. The maximum absolute atomic E-state index is 12.3. The van der Waals surface area contributed by atoms with Crippen molar-refractivity contribution in [1.29, 1.82) is 0 Å². The van der Waals surface area contributed by atoms with Gasteiger partial charge in [-0.1, -0.05) is 12.1 Å². The van der Waals surface area contributed by atoms with E-state index in [1.165, 1.54) is 0 Å². The van der Waals surface area contributed by atoms with Crippen LogP contribution in [0.1, 0.15) is 27.7 Å². The first kappa shape index (κ1) is 12.5. The molecular weight excluding hydrogens is 260 g/mol. The Labute approximate surface area is 116 Å². The molecule has 0 aromatic heterocycles. The Balaban J connectivity index is 1.77. The van der Waals surface area contributed by atoms with Crippen molar-refractivity contribution >= 4 is 17.7 Å². The van der Waals surface area contributed by atoms with E-state index in [2.05, 4.69) is 5.32 Å². The Morgan fingerprint density at radius 2 is 2.32 bits per heavy atom. The molecule has 2 heterocycles. The number of rotatable bonds is 3. The third kappa shape index (κ3) is 2.34. The van der Waals surface area contributed by atoms with Gasteiger partial charge in [-0.3, -0.25) is 4.79 Å². The van der Waals surface area contributed by atoms with Crippen LogP contribution in [-0.2, 0) is 6.54 Å². The molecule has 2 aliphatic rings. The molecule has 5 N–H and O–H groups in total. The molecule has 2 aliphatic heterocycles. The van der Waals surface area contributed by atoms with Gasteiger partial charge in [0.2, 0.25) is 0 Å². The van der Waals surface area contributed by atoms with Crippen molar-refractivity contribution in [3.8, 4) is 0 Å². The summed E-state index contributed by atoms with van der Waals surface area (Å²) in [6.07, 6.45) is 1.37. The van der Waals surface area contributed by atoms with Crippen molar-refractivity contribution in [3.63, 3.8) is 0 Å². The van der Waals surface area contributed by atoms with E-state index in [-0.39, 0.29) is 11.3 Å². The van der Waals surface area contributed by atoms with Crippen LogP contribution >= 0.6 is 11.8 Å². The zero-order valence-electron chi connectivity index (χ0n) is 10.4. The van der Waals surface area contributed by atoms with Crippen LogP contribution in [-0.4, -0.2) is 22.7 Å². The first-order valence-corrected chi connectivity index (χ1v) is 7.09. The summed E-state index contributed by atoms with van der Waals surface area (Å²) in [5, 5.41) is 5.46. The molecule has 100 valence electrons. The van der Waals surface area contributed by atoms with Crippen molar-refractivity contribution in [3.05, 3.63) is 46.5 Å². The summed E-state index contributed by atoms with van der Waals surface area (Å²) in [5.74, 6) is 0.0619. The van der Waals surface area contributed by atoms with E-state index in [4.69, 9.17) is 11.5 Å². The number of nitrogens with two attached hydrogens (primary N) is 2. The van der Waals surface area contributed by atoms with Crippen LogP contribution in [0.2, 0.25) is 0 Å². The third-order valence-electron chi connectivity index (χ3n) is 3.38. The number of nitrogens with one attached hydrogen (secondary N) is 1. The highest BCUT2D eigenvalue weighted by Crippen LogP contribution is 2.27. The van der Waals surface area contributed by atoms with E-state index in [1.807, 2.05) is 34.7 Å². The van der Waals surface area contributed by atoms with Gasteiger partial charge in [-0.15, -0.1) is 11.8 Å². The fourth-order valence-electron chi connectivity index (χ4n) is 2.35. The summed E-state index contributed by atoms with van der Waals surface area (Å²) in [4.78, 5) is 14.2. The van der Waals surface area contributed by atoms with Gasteiger partial charge in [0.15, 0.2) is 0 Å². The Morgan fingerprint density at radius 3 is 3.00 bits per heavy atom. The molecular formula is C13H16N4OS. The Bertz CT molecular complexity index is 535. The number of benzene rings is 1. The number of hydrogen-bond acceptors (Lipinski definition) is 5.